The van der Waals surface area contributed by atoms with Crippen molar-refractivity contribution in [2.75, 3.05) is 18.5 Å². The van der Waals surface area contributed by atoms with Gasteiger partial charge in [-0.3, -0.25) is 4.79 Å². The van der Waals surface area contributed by atoms with Gasteiger partial charge in [0.25, 0.3) is 5.91 Å². The van der Waals surface area contributed by atoms with Gasteiger partial charge in [0.1, 0.15) is 11.5 Å². The van der Waals surface area contributed by atoms with Crippen LogP contribution in [0.3, 0.4) is 0 Å². The number of halogens is 1. The Kier molecular flexibility index (Phi) is 5.86. The molecule has 0 atom stereocenters. The molecule has 0 aliphatic carbocycles. The predicted molar refractivity (Wildman–Crippen MR) is 90.9 cm³/mol. The maximum atomic E-state index is 11.8. The van der Waals surface area contributed by atoms with Crippen LogP contribution in [0.2, 0.25) is 0 Å². The number of hydrogen-bond acceptors (Lipinski definition) is 3. The molecule has 21 heavy (non-hydrogen) atoms. The highest BCUT2D eigenvalue weighted by atomic mass is 127. The van der Waals surface area contributed by atoms with Crippen LogP contribution in [0.25, 0.3) is 0 Å². The molecule has 4 nitrogen and oxygen atoms in total. The Balaban J connectivity index is 1.86. The molecule has 0 saturated carbocycles. The van der Waals surface area contributed by atoms with E-state index in [4.69, 9.17) is 9.47 Å². The topological polar surface area (TPSA) is 47.6 Å². The quantitative estimate of drug-likeness (QED) is 0.757. The lowest BCUT2D eigenvalue weighted by atomic mass is 10.3. The number of benzene rings is 2. The molecule has 2 aromatic carbocycles. The number of carbonyl (C=O) groups is 1. The Bertz CT molecular complexity index is 599. The molecule has 0 aliphatic heterocycles. The molecule has 1 amide bonds. The highest BCUT2D eigenvalue weighted by molar-refractivity contribution is 14.1. The van der Waals surface area contributed by atoms with Crippen molar-refractivity contribution in [2.45, 2.75) is 6.92 Å². The van der Waals surface area contributed by atoms with Crippen LogP contribution >= 0.6 is 22.6 Å². The third kappa shape index (κ3) is 5.26. The second-order valence-corrected chi connectivity index (χ2v) is 5.50. The second-order valence-electron chi connectivity index (χ2n) is 4.25. The summed E-state index contributed by atoms with van der Waals surface area (Å²) in [7, 11) is 0. The molecule has 0 unspecified atom stereocenters. The highest BCUT2D eigenvalue weighted by Gasteiger charge is 2.04. The van der Waals surface area contributed by atoms with Crippen LogP contribution in [0.1, 0.15) is 6.92 Å². The third-order valence-corrected chi connectivity index (χ3v) is 3.33. The van der Waals surface area contributed by atoms with E-state index in [1.807, 2.05) is 49.4 Å². The van der Waals surface area contributed by atoms with Gasteiger partial charge in [-0.05, 0) is 65.9 Å². The predicted octanol–water partition coefficient (Wildman–Crippen LogP) is 3.71. The van der Waals surface area contributed by atoms with E-state index in [1.54, 1.807) is 6.07 Å². The average molecular weight is 397 g/mol. The minimum Gasteiger partial charge on any atom is -0.494 e. The van der Waals surface area contributed by atoms with Gasteiger partial charge in [-0.1, -0.05) is 6.07 Å². The lowest BCUT2D eigenvalue weighted by molar-refractivity contribution is -0.118. The van der Waals surface area contributed by atoms with Gasteiger partial charge in [-0.2, -0.15) is 0 Å². The van der Waals surface area contributed by atoms with E-state index in [9.17, 15) is 4.79 Å². The fraction of sp³-hybridized carbons (Fsp3) is 0.188. The van der Waals surface area contributed by atoms with E-state index in [0.29, 0.717) is 18.0 Å². The van der Waals surface area contributed by atoms with Gasteiger partial charge < -0.3 is 14.8 Å². The van der Waals surface area contributed by atoms with E-state index >= 15 is 0 Å². The molecular weight excluding hydrogens is 381 g/mol. The first-order chi connectivity index (χ1) is 10.2. The van der Waals surface area contributed by atoms with Gasteiger partial charge in [0.2, 0.25) is 0 Å². The zero-order valence-electron chi connectivity index (χ0n) is 11.6. The molecule has 110 valence electrons. The fourth-order valence-corrected chi connectivity index (χ4v) is 2.07. The van der Waals surface area contributed by atoms with Crippen LogP contribution in [-0.4, -0.2) is 19.1 Å². The van der Waals surface area contributed by atoms with Crippen molar-refractivity contribution in [1.29, 1.82) is 0 Å². The van der Waals surface area contributed by atoms with E-state index in [1.165, 1.54) is 0 Å². The molecule has 2 rings (SSSR count). The number of amides is 1. The van der Waals surface area contributed by atoms with Crippen LogP contribution < -0.4 is 14.8 Å². The third-order valence-electron chi connectivity index (χ3n) is 2.61. The van der Waals surface area contributed by atoms with Crippen molar-refractivity contribution < 1.29 is 14.3 Å². The summed E-state index contributed by atoms with van der Waals surface area (Å²) >= 11 is 2.22. The monoisotopic (exact) mass is 397 g/mol. The van der Waals surface area contributed by atoms with Gasteiger partial charge in [0.05, 0.1) is 6.61 Å². The summed E-state index contributed by atoms with van der Waals surface area (Å²) in [5, 5.41) is 2.78. The summed E-state index contributed by atoms with van der Waals surface area (Å²) in [4.78, 5) is 11.8. The van der Waals surface area contributed by atoms with Gasteiger partial charge in [-0.15, -0.1) is 0 Å². The Morgan fingerprint density at radius 2 is 1.86 bits per heavy atom. The van der Waals surface area contributed by atoms with Crippen LogP contribution in [0.4, 0.5) is 5.69 Å². The Morgan fingerprint density at radius 3 is 2.57 bits per heavy atom. The van der Waals surface area contributed by atoms with Crippen molar-refractivity contribution in [3.63, 3.8) is 0 Å². The number of rotatable bonds is 6. The summed E-state index contributed by atoms with van der Waals surface area (Å²) in [6.45, 7) is 2.48. The van der Waals surface area contributed by atoms with Gasteiger partial charge >= 0.3 is 0 Å². The van der Waals surface area contributed by atoms with Crippen molar-refractivity contribution in [3.05, 3.63) is 52.1 Å². The van der Waals surface area contributed by atoms with Gasteiger partial charge in [0.15, 0.2) is 6.61 Å². The molecule has 5 heteroatoms. The Morgan fingerprint density at radius 1 is 1.10 bits per heavy atom. The molecule has 0 spiro atoms. The smallest absolute Gasteiger partial charge is 0.262 e. The van der Waals surface area contributed by atoms with Crippen LogP contribution in [0.15, 0.2) is 48.5 Å². The summed E-state index contributed by atoms with van der Waals surface area (Å²) in [5.41, 5.74) is 0.692. The average Bonchev–Trinajstić information content (AvgIpc) is 2.47. The van der Waals surface area contributed by atoms with Crippen molar-refractivity contribution in [3.8, 4) is 11.5 Å². The first-order valence-electron chi connectivity index (χ1n) is 6.58. The molecule has 0 radical (unpaired) electrons. The first-order valence-corrected chi connectivity index (χ1v) is 7.66. The lowest BCUT2D eigenvalue weighted by Gasteiger charge is -2.09. The van der Waals surface area contributed by atoms with Crippen LogP contribution in [-0.2, 0) is 4.79 Å². The zero-order chi connectivity index (χ0) is 15.1. The van der Waals surface area contributed by atoms with E-state index in [-0.39, 0.29) is 12.5 Å². The highest BCUT2D eigenvalue weighted by Crippen LogP contribution is 2.17. The minimum absolute atomic E-state index is 0.0283. The summed E-state index contributed by atoms with van der Waals surface area (Å²) in [6, 6.07) is 14.8. The Labute approximate surface area is 137 Å². The minimum atomic E-state index is -0.206. The van der Waals surface area contributed by atoms with Gasteiger partial charge in [-0.25, -0.2) is 0 Å². The molecule has 1 N–H and O–H groups in total. The fourth-order valence-electron chi connectivity index (χ4n) is 1.71. The molecule has 0 bridgehead atoms. The maximum absolute atomic E-state index is 11.8. The Hall–Kier alpha value is -1.76. The summed E-state index contributed by atoms with van der Waals surface area (Å²) < 4.78 is 11.9. The van der Waals surface area contributed by atoms with Crippen molar-refractivity contribution >= 4 is 34.2 Å². The molecular formula is C16H16INO3. The van der Waals surface area contributed by atoms with Gasteiger partial charge in [0, 0.05) is 15.3 Å². The van der Waals surface area contributed by atoms with E-state index < -0.39 is 0 Å². The van der Waals surface area contributed by atoms with Crippen molar-refractivity contribution in [2.24, 2.45) is 0 Å². The molecule has 0 aliphatic rings. The van der Waals surface area contributed by atoms with Crippen LogP contribution in [0.5, 0.6) is 11.5 Å². The standard InChI is InChI=1S/C16H16INO3/c1-2-20-15-5-3-4-13(10-15)18-16(19)11-21-14-8-6-12(17)7-9-14/h3-10H,2,11H2,1H3,(H,18,19). The molecule has 0 aromatic heterocycles. The van der Waals surface area contributed by atoms with Crippen LogP contribution in [0, 0.1) is 3.57 Å². The molecule has 0 saturated heterocycles. The number of nitrogens with one attached hydrogen (secondary N) is 1. The molecule has 0 heterocycles. The second kappa shape index (κ2) is 7.87. The van der Waals surface area contributed by atoms with Crippen molar-refractivity contribution in [1.82, 2.24) is 0 Å². The zero-order valence-corrected chi connectivity index (χ0v) is 13.8. The maximum Gasteiger partial charge on any atom is 0.262 e. The number of hydrogen-bond donors (Lipinski definition) is 1. The largest absolute Gasteiger partial charge is 0.494 e. The summed E-state index contributed by atoms with van der Waals surface area (Å²) in [6.07, 6.45) is 0. The number of carbonyl (C=O) groups excluding carboxylic acids is 1. The molecule has 2 aromatic rings. The summed E-state index contributed by atoms with van der Waals surface area (Å²) in [5.74, 6) is 1.20. The molecule has 0 fully saturated rings. The van der Waals surface area contributed by atoms with E-state index in [2.05, 4.69) is 27.9 Å². The normalized spacial score (nSPS) is 10.0. The SMILES string of the molecule is CCOc1cccc(NC(=O)COc2ccc(I)cc2)c1. The lowest BCUT2D eigenvalue weighted by Crippen LogP contribution is -2.20. The number of anilines is 1. The number of ether oxygens (including phenoxy) is 2. The van der Waals surface area contributed by atoms with E-state index in [0.717, 1.165) is 9.32 Å². The first kappa shape index (κ1) is 15.6.